The van der Waals surface area contributed by atoms with Crippen LogP contribution in [0.3, 0.4) is 0 Å². The van der Waals surface area contributed by atoms with Crippen LogP contribution in [0.2, 0.25) is 5.02 Å². The lowest BCUT2D eigenvalue weighted by atomic mass is 9.63. The molecule has 0 bridgehead atoms. The summed E-state index contributed by atoms with van der Waals surface area (Å²) in [6, 6.07) is 13.5. The first-order valence-electron chi connectivity index (χ1n) is 13.9. The van der Waals surface area contributed by atoms with Gasteiger partial charge in [-0.05, 0) is 47.9 Å². The molecule has 5 nitrogen and oxygen atoms in total. The predicted octanol–water partition coefficient (Wildman–Crippen LogP) is 8.01. The third-order valence-electron chi connectivity index (χ3n) is 8.16. The number of allylic oxidation sites excluding steroid dienone is 4. The van der Waals surface area contributed by atoms with Crippen molar-refractivity contribution in [1.82, 2.24) is 4.90 Å². The Morgan fingerprint density at radius 2 is 1.52 bits per heavy atom. The van der Waals surface area contributed by atoms with E-state index in [-0.39, 0.29) is 29.0 Å². The van der Waals surface area contributed by atoms with Gasteiger partial charge in [-0.3, -0.25) is 9.59 Å². The van der Waals surface area contributed by atoms with Crippen molar-refractivity contribution in [2.45, 2.75) is 65.9 Å². The number of methoxy groups -OCH3 is 1. The van der Waals surface area contributed by atoms with E-state index in [1.165, 1.54) is 0 Å². The van der Waals surface area contributed by atoms with Gasteiger partial charge in [0.05, 0.1) is 6.61 Å². The number of benzene rings is 2. The first-order chi connectivity index (χ1) is 18.9. The second-order valence-corrected chi connectivity index (χ2v) is 14.1. The Balaban J connectivity index is 1.71. The first kappa shape index (κ1) is 29.1. The van der Waals surface area contributed by atoms with Crippen molar-refractivity contribution in [1.29, 1.82) is 0 Å². The fourth-order valence-electron chi connectivity index (χ4n) is 6.46. The molecule has 0 spiro atoms. The van der Waals surface area contributed by atoms with Gasteiger partial charge in [0.2, 0.25) is 0 Å². The van der Waals surface area contributed by atoms with Crippen molar-refractivity contribution in [2.24, 2.45) is 10.8 Å². The van der Waals surface area contributed by atoms with Crippen LogP contribution in [-0.2, 0) is 20.9 Å². The molecule has 0 saturated heterocycles. The van der Waals surface area contributed by atoms with Crippen LogP contribution in [0.5, 0.6) is 5.75 Å². The van der Waals surface area contributed by atoms with Crippen molar-refractivity contribution in [3.63, 3.8) is 0 Å². The topological polar surface area (TPSA) is 55.8 Å². The van der Waals surface area contributed by atoms with Crippen LogP contribution in [-0.4, -0.2) is 36.7 Å². The van der Waals surface area contributed by atoms with Crippen LogP contribution in [0, 0.1) is 10.8 Å². The number of carbonyl (C=O) groups excluding carboxylic acids is 2. The minimum absolute atomic E-state index is 0.0971. The number of hydrogen-bond acceptors (Lipinski definition) is 5. The SMILES string of the molecule is COCCN1C2=C(C(=O)CC(C)(C)C2)C(c2cc(Br)ccc2OCc2ccccc2Cl)C2=C1CC(C)(C)CC2=O. The van der Waals surface area contributed by atoms with Crippen molar-refractivity contribution in [2.75, 3.05) is 20.3 Å². The first-order valence-corrected chi connectivity index (χ1v) is 15.0. The highest BCUT2D eigenvalue weighted by Gasteiger charge is 2.49. The summed E-state index contributed by atoms with van der Waals surface area (Å²) in [6.07, 6.45) is 2.38. The Labute approximate surface area is 250 Å². The molecule has 40 heavy (non-hydrogen) atoms. The monoisotopic (exact) mass is 625 g/mol. The molecule has 0 amide bonds. The summed E-state index contributed by atoms with van der Waals surface area (Å²) < 4.78 is 12.8. The maximum Gasteiger partial charge on any atom is 0.162 e. The number of halogens is 2. The molecular weight excluding hydrogens is 590 g/mol. The molecule has 2 aromatic carbocycles. The molecule has 1 heterocycles. The number of ketones is 2. The van der Waals surface area contributed by atoms with Crippen LogP contribution in [0.4, 0.5) is 0 Å². The third-order valence-corrected chi connectivity index (χ3v) is 9.03. The molecule has 0 unspecified atom stereocenters. The van der Waals surface area contributed by atoms with Crippen molar-refractivity contribution in [3.8, 4) is 5.75 Å². The summed E-state index contributed by atoms with van der Waals surface area (Å²) in [5.74, 6) is 0.349. The van der Waals surface area contributed by atoms with Gasteiger partial charge >= 0.3 is 0 Å². The van der Waals surface area contributed by atoms with Gasteiger partial charge in [-0.1, -0.05) is 73.4 Å². The molecule has 2 aromatic rings. The Morgan fingerprint density at radius 3 is 2.10 bits per heavy atom. The summed E-state index contributed by atoms with van der Waals surface area (Å²) in [7, 11) is 1.69. The van der Waals surface area contributed by atoms with Gasteiger partial charge in [-0.2, -0.15) is 0 Å². The Kier molecular flexibility index (Phi) is 8.08. The predicted molar refractivity (Wildman–Crippen MR) is 161 cm³/mol. The number of nitrogens with zero attached hydrogens (tertiary/aromatic N) is 1. The van der Waals surface area contributed by atoms with Crippen LogP contribution < -0.4 is 4.74 Å². The Morgan fingerprint density at radius 1 is 0.925 bits per heavy atom. The largest absolute Gasteiger partial charge is 0.489 e. The summed E-state index contributed by atoms with van der Waals surface area (Å²) in [6.45, 7) is 9.97. The summed E-state index contributed by atoms with van der Waals surface area (Å²) in [5, 5.41) is 0.636. The average molecular weight is 627 g/mol. The van der Waals surface area contributed by atoms with E-state index in [1.54, 1.807) is 7.11 Å². The third kappa shape index (κ3) is 5.68. The van der Waals surface area contributed by atoms with Crippen molar-refractivity contribution >= 4 is 39.1 Å². The van der Waals surface area contributed by atoms with Gasteiger partial charge in [0, 0.05) is 75.6 Å². The maximum absolute atomic E-state index is 14.1. The van der Waals surface area contributed by atoms with E-state index in [9.17, 15) is 9.59 Å². The van der Waals surface area contributed by atoms with E-state index >= 15 is 0 Å². The lowest BCUT2D eigenvalue weighted by Crippen LogP contribution is -2.45. The van der Waals surface area contributed by atoms with Crippen LogP contribution >= 0.6 is 27.5 Å². The van der Waals surface area contributed by atoms with Crippen molar-refractivity contribution < 1.29 is 19.1 Å². The van der Waals surface area contributed by atoms with E-state index in [4.69, 9.17) is 21.1 Å². The molecule has 3 aliphatic rings. The zero-order valence-corrected chi connectivity index (χ0v) is 26.2. The molecule has 0 aromatic heterocycles. The van der Waals surface area contributed by atoms with E-state index in [0.29, 0.717) is 36.8 Å². The standard InChI is InChI=1S/C33H37BrClNO4/c1-32(2)15-24-30(26(37)17-32)29(31-25(36(24)12-13-39-5)16-33(3,4)18-27(31)38)22-14-21(34)10-11-28(22)40-19-20-8-6-7-9-23(20)35/h6-11,14,29H,12-13,15-19H2,1-5H3. The molecular formula is C33H37BrClNO4. The van der Waals surface area contributed by atoms with Crippen molar-refractivity contribution in [3.05, 3.63) is 85.6 Å². The van der Waals surface area contributed by atoms with Gasteiger partial charge < -0.3 is 14.4 Å². The fraction of sp³-hybridized carbons (Fsp3) is 0.455. The summed E-state index contributed by atoms with van der Waals surface area (Å²) in [5.41, 5.74) is 4.82. The molecule has 1 aliphatic heterocycles. The number of carbonyl (C=O) groups is 2. The molecule has 0 N–H and O–H groups in total. The molecule has 0 saturated carbocycles. The quantitative estimate of drug-likeness (QED) is 0.312. The van der Waals surface area contributed by atoms with E-state index < -0.39 is 5.92 Å². The number of rotatable bonds is 7. The normalized spacial score (nSPS) is 20.5. The highest BCUT2D eigenvalue weighted by molar-refractivity contribution is 9.10. The second kappa shape index (κ2) is 11.1. The van der Waals surface area contributed by atoms with Gasteiger partial charge in [0.1, 0.15) is 12.4 Å². The zero-order valence-electron chi connectivity index (χ0n) is 23.9. The number of Topliss-reactive ketones (excluding diaryl/α,β-unsaturated/α-hetero) is 2. The van der Waals surface area contributed by atoms with Crippen LogP contribution in [0.1, 0.15) is 70.4 Å². The molecule has 212 valence electrons. The van der Waals surface area contributed by atoms with Gasteiger partial charge in [-0.25, -0.2) is 0 Å². The highest BCUT2D eigenvalue weighted by atomic mass is 79.9. The van der Waals surface area contributed by atoms with Gasteiger partial charge in [0.25, 0.3) is 0 Å². The van der Waals surface area contributed by atoms with E-state index in [2.05, 4.69) is 48.5 Å². The maximum atomic E-state index is 14.1. The molecule has 0 fully saturated rings. The molecule has 2 aliphatic carbocycles. The lowest BCUT2D eigenvalue weighted by Gasteiger charge is -2.49. The molecule has 5 rings (SSSR count). The van der Waals surface area contributed by atoms with Crippen LogP contribution in [0.25, 0.3) is 0 Å². The smallest absolute Gasteiger partial charge is 0.162 e. The highest BCUT2D eigenvalue weighted by Crippen LogP contribution is 2.55. The van der Waals surface area contributed by atoms with Crippen LogP contribution in [0.15, 0.2) is 69.5 Å². The fourth-order valence-corrected chi connectivity index (χ4v) is 7.03. The zero-order chi connectivity index (χ0) is 28.8. The lowest BCUT2D eigenvalue weighted by molar-refractivity contribution is -0.119. The average Bonchev–Trinajstić information content (AvgIpc) is 2.86. The minimum atomic E-state index is -0.491. The van der Waals surface area contributed by atoms with Gasteiger partial charge in [0.15, 0.2) is 11.6 Å². The number of ether oxygens (including phenoxy) is 2. The summed E-state index contributed by atoms with van der Waals surface area (Å²) >= 11 is 10.1. The van der Waals surface area contributed by atoms with E-state index in [1.807, 2.05) is 42.5 Å². The molecule has 7 heteroatoms. The Bertz CT molecular complexity index is 1370. The minimum Gasteiger partial charge on any atom is -0.489 e. The summed E-state index contributed by atoms with van der Waals surface area (Å²) in [4.78, 5) is 30.4. The molecule has 0 atom stereocenters. The number of hydrogen-bond donors (Lipinski definition) is 0. The Hall–Kier alpha value is -2.41. The van der Waals surface area contributed by atoms with Gasteiger partial charge in [-0.15, -0.1) is 0 Å². The molecule has 0 radical (unpaired) electrons. The van der Waals surface area contributed by atoms with E-state index in [0.717, 1.165) is 51.0 Å². The second-order valence-electron chi connectivity index (χ2n) is 12.7.